The molecule has 0 unspecified atom stereocenters. The van der Waals surface area contributed by atoms with E-state index in [1.165, 1.54) is 62.2 Å². The van der Waals surface area contributed by atoms with E-state index in [2.05, 4.69) is 61.7 Å². The predicted molar refractivity (Wildman–Crippen MR) is 213 cm³/mol. The molecule has 14 nitrogen and oxygen atoms in total. The number of H-pyrrole nitrogens is 2. The van der Waals surface area contributed by atoms with E-state index in [9.17, 15) is 19.2 Å². The SMILES string of the molecule is COC(=O)N[C@@H](C)C(=O)N1CCC[C@H]1c1ncc(-c2ccc(-c3ccc(-c4cnc([C@@H]5CCCN5C(=O)[C@H](C)NC(=O)OC)[nH]4)c4c3CC3(CCCC3)C4)cc2)[nH]1. The lowest BCUT2D eigenvalue weighted by Gasteiger charge is -2.26. The molecule has 2 aliphatic heterocycles. The Labute approximate surface area is 332 Å². The molecule has 1 saturated carbocycles. The summed E-state index contributed by atoms with van der Waals surface area (Å²) in [6, 6.07) is 11.3. The first-order valence-electron chi connectivity index (χ1n) is 20.2. The summed E-state index contributed by atoms with van der Waals surface area (Å²) < 4.78 is 9.38. The summed E-state index contributed by atoms with van der Waals surface area (Å²) in [5.41, 5.74) is 9.51. The van der Waals surface area contributed by atoms with Crippen molar-refractivity contribution in [1.29, 1.82) is 0 Å². The molecule has 2 aliphatic carbocycles. The number of benzene rings is 2. The Hall–Kier alpha value is -5.66. The predicted octanol–water partition coefficient (Wildman–Crippen LogP) is 6.61. The number of nitrogens with zero attached hydrogens (tertiary/aromatic N) is 4. The van der Waals surface area contributed by atoms with Crippen LogP contribution in [0.4, 0.5) is 9.59 Å². The number of carbonyl (C=O) groups excluding carboxylic acids is 4. The lowest BCUT2D eigenvalue weighted by atomic mass is 9.82. The second-order valence-electron chi connectivity index (χ2n) is 16.2. The number of ether oxygens (including phenoxy) is 2. The number of aromatic amines is 2. The molecular formula is C43H52N8O6. The summed E-state index contributed by atoms with van der Waals surface area (Å²) in [5.74, 6) is 1.19. The van der Waals surface area contributed by atoms with Crippen molar-refractivity contribution in [2.45, 2.75) is 102 Å². The van der Waals surface area contributed by atoms with Crippen LogP contribution >= 0.6 is 0 Å². The van der Waals surface area contributed by atoms with Gasteiger partial charge in [-0.1, -0.05) is 49.2 Å². The first kappa shape index (κ1) is 38.2. The number of fused-ring (bicyclic) bond motifs is 1. The van der Waals surface area contributed by atoms with E-state index in [0.29, 0.717) is 13.1 Å². The highest BCUT2D eigenvalue weighted by Crippen LogP contribution is 2.53. The van der Waals surface area contributed by atoms with E-state index in [4.69, 9.17) is 14.7 Å². The van der Waals surface area contributed by atoms with Crippen LogP contribution in [0.1, 0.15) is 100 Å². The van der Waals surface area contributed by atoms with Crippen LogP contribution < -0.4 is 10.6 Å². The molecule has 2 aromatic carbocycles. The zero-order chi connectivity index (χ0) is 39.8. The van der Waals surface area contributed by atoms with Gasteiger partial charge in [-0.15, -0.1) is 0 Å². The lowest BCUT2D eigenvalue weighted by molar-refractivity contribution is -0.134. The molecule has 3 fully saturated rings. The van der Waals surface area contributed by atoms with Gasteiger partial charge in [0.1, 0.15) is 23.7 Å². The second kappa shape index (κ2) is 15.7. The number of likely N-dealkylation sites (tertiary alicyclic amines) is 2. The molecule has 4 aliphatic rings. The van der Waals surface area contributed by atoms with Gasteiger partial charge in [0.25, 0.3) is 0 Å². The van der Waals surface area contributed by atoms with Gasteiger partial charge < -0.3 is 39.9 Å². The number of nitrogens with one attached hydrogen (secondary N) is 4. The normalized spacial score (nSPS) is 20.7. The molecule has 4 amide bonds. The van der Waals surface area contributed by atoms with Crippen LogP contribution in [0.5, 0.6) is 0 Å². The van der Waals surface area contributed by atoms with Gasteiger partial charge in [0.2, 0.25) is 11.8 Å². The standard InChI is InChI=1S/C43H52N8O6/c1-25(46-41(54)56-3)39(52)50-19-7-9-35(50)37-44-23-33(48-37)28-13-11-27(12-14-28)29-15-16-30(32-22-43(21-31(29)32)17-5-6-18-43)34-24-45-38(49-34)36-10-8-20-51(36)40(53)26(2)47-42(55)57-4/h11-16,23-26,35-36H,5-10,17-22H2,1-4H3,(H,44,48)(H,45,49)(H,46,54)(H,47,55)/t25-,26-,35-,36-/m0/s1. The summed E-state index contributed by atoms with van der Waals surface area (Å²) in [4.78, 5) is 70.3. The molecule has 0 radical (unpaired) electrons. The highest BCUT2D eigenvalue weighted by molar-refractivity contribution is 5.86. The van der Waals surface area contributed by atoms with Crippen molar-refractivity contribution in [3.05, 3.63) is 71.6 Å². The zero-order valence-electron chi connectivity index (χ0n) is 33.2. The first-order valence-corrected chi connectivity index (χ1v) is 20.2. The molecular weight excluding hydrogens is 725 g/mol. The van der Waals surface area contributed by atoms with Gasteiger partial charge in [0, 0.05) is 18.7 Å². The Morgan fingerprint density at radius 3 is 1.70 bits per heavy atom. The van der Waals surface area contributed by atoms with Crippen LogP contribution in [0.15, 0.2) is 48.8 Å². The Morgan fingerprint density at radius 2 is 1.16 bits per heavy atom. The van der Waals surface area contributed by atoms with Crippen molar-refractivity contribution >= 4 is 24.0 Å². The fraction of sp³-hybridized carbons (Fsp3) is 0.488. The van der Waals surface area contributed by atoms with Crippen molar-refractivity contribution in [3.8, 4) is 33.6 Å². The third kappa shape index (κ3) is 7.37. The number of carbonyl (C=O) groups is 4. The summed E-state index contributed by atoms with van der Waals surface area (Å²) in [6.45, 7) is 4.56. The third-order valence-electron chi connectivity index (χ3n) is 12.7. The van der Waals surface area contributed by atoms with Crippen LogP contribution in [-0.4, -0.2) is 93.1 Å². The van der Waals surface area contributed by atoms with Gasteiger partial charge in [0.05, 0.1) is 50.1 Å². The van der Waals surface area contributed by atoms with Gasteiger partial charge in [-0.05, 0) is 98.4 Å². The molecule has 4 heterocycles. The minimum absolute atomic E-state index is 0.151. The van der Waals surface area contributed by atoms with Crippen molar-refractivity contribution < 1.29 is 28.7 Å². The molecule has 57 heavy (non-hydrogen) atoms. The molecule has 2 aromatic heterocycles. The number of amides is 4. The van der Waals surface area contributed by atoms with Crippen molar-refractivity contribution in [2.24, 2.45) is 5.41 Å². The Bertz CT molecular complexity index is 2150. The molecule has 2 saturated heterocycles. The molecule has 4 atom stereocenters. The Morgan fingerprint density at radius 1 is 0.684 bits per heavy atom. The lowest BCUT2D eigenvalue weighted by Crippen LogP contribution is -2.46. The molecule has 300 valence electrons. The summed E-state index contributed by atoms with van der Waals surface area (Å²) in [6.07, 6.45) is 12.9. The van der Waals surface area contributed by atoms with E-state index in [0.717, 1.165) is 72.7 Å². The van der Waals surface area contributed by atoms with Gasteiger partial charge in [-0.3, -0.25) is 9.59 Å². The quantitative estimate of drug-likeness (QED) is 0.147. The third-order valence-corrected chi connectivity index (χ3v) is 12.7. The molecule has 14 heteroatoms. The summed E-state index contributed by atoms with van der Waals surface area (Å²) in [5, 5.41) is 5.19. The fourth-order valence-electron chi connectivity index (χ4n) is 9.76. The van der Waals surface area contributed by atoms with Crippen molar-refractivity contribution in [2.75, 3.05) is 27.3 Å². The maximum absolute atomic E-state index is 13.4. The molecule has 1 spiro atoms. The minimum Gasteiger partial charge on any atom is -0.453 e. The van der Waals surface area contributed by atoms with Crippen LogP contribution in [-0.2, 0) is 31.9 Å². The number of aromatic nitrogens is 4. The molecule has 4 aromatic rings. The highest BCUT2D eigenvalue weighted by atomic mass is 16.5. The molecule has 4 N–H and O–H groups in total. The van der Waals surface area contributed by atoms with E-state index >= 15 is 0 Å². The smallest absolute Gasteiger partial charge is 0.407 e. The van der Waals surface area contributed by atoms with Crippen LogP contribution in [0.3, 0.4) is 0 Å². The topological polar surface area (TPSA) is 175 Å². The van der Waals surface area contributed by atoms with Crippen LogP contribution in [0.25, 0.3) is 33.6 Å². The number of methoxy groups -OCH3 is 2. The Kier molecular flexibility index (Phi) is 10.5. The van der Waals surface area contributed by atoms with Gasteiger partial charge >= 0.3 is 12.2 Å². The average Bonchev–Trinajstić information content (AvgIpc) is 4.08. The highest BCUT2D eigenvalue weighted by Gasteiger charge is 2.42. The summed E-state index contributed by atoms with van der Waals surface area (Å²) >= 11 is 0. The number of alkyl carbamates (subject to hydrolysis) is 2. The minimum atomic E-state index is -0.704. The average molecular weight is 777 g/mol. The van der Waals surface area contributed by atoms with Gasteiger partial charge in [-0.2, -0.15) is 0 Å². The molecule has 8 rings (SSSR count). The fourth-order valence-corrected chi connectivity index (χ4v) is 9.76. The van der Waals surface area contributed by atoms with E-state index in [1.54, 1.807) is 18.7 Å². The second-order valence-corrected chi connectivity index (χ2v) is 16.2. The monoisotopic (exact) mass is 776 g/mol. The number of imidazole rings is 2. The number of hydrogen-bond donors (Lipinski definition) is 4. The number of rotatable bonds is 9. The zero-order valence-corrected chi connectivity index (χ0v) is 33.2. The largest absolute Gasteiger partial charge is 0.453 e. The maximum atomic E-state index is 13.4. The van der Waals surface area contributed by atoms with E-state index in [1.807, 2.05) is 17.3 Å². The Balaban J connectivity index is 1.02. The number of hydrogen-bond acceptors (Lipinski definition) is 8. The molecule has 0 bridgehead atoms. The van der Waals surface area contributed by atoms with Crippen molar-refractivity contribution in [1.82, 2.24) is 40.4 Å². The van der Waals surface area contributed by atoms with E-state index in [-0.39, 0.29) is 29.3 Å². The van der Waals surface area contributed by atoms with Crippen LogP contribution in [0.2, 0.25) is 0 Å². The first-order chi connectivity index (χ1) is 27.6. The summed E-state index contributed by atoms with van der Waals surface area (Å²) in [7, 11) is 2.57. The van der Waals surface area contributed by atoms with Gasteiger partial charge in [-0.25, -0.2) is 19.6 Å². The van der Waals surface area contributed by atoms with E-state index < -0.39 is 24.3 Å². The van der Waals surface area contributed by atoms with Gasteiger partial charge in [0.15, 0.2) is 0 Å². The maximum Gasteiger partial charge on any atom is 0.407 e. The van der Waals surface area contributed by atoms with Crippen molar-refractivity contribution in [3.63, 3.8) is 0 Å². The van der Waals surface area contributed by atoms with Crippen LogP contribution in [0, 0.1) is 5.41 Å².